The molecule has 170 valence electrons. The van der Waals surface area contributed by atoms with Gasteiger partial charge < -0.3 is 15.4 Å². The minimum absolute atomic E-state index is 0.146. The van der Waals surface area contributed by atoms with Crippen LogP contribution in [0.4, 0.5) is 23.7 Å². The number of alkyl halides is 3. The van der Waals surface area contributed by atoms with E-state index in [1.54, 1.807) is 15.8 Å². The number of amides is 1. The van der Waals surface area contributed by atoms with Crippen LogP contribution in [-0.2, 0) is 17.5 Å². The molecule has 0 aliphatic carbocycles. The number of ether oxygens (including phenoxy) is 1. The summed E-state index contributed by atoms with van der Waals surface area (Å²) in [7, 11) is 0. The molecule has 1 amide bonds. The van der Waals surface area contributed by atoms with Gasteiger partial charge in [0.25, 0.3) is 0 Å². The highest BCUT2D eigenvalue weighted by atomic mass is 35.5. The molecular weight excluding hydrogens is 433 g/mol. The molecule has 10 heteroatoms. The summed E-state index contributed by atoms with van der Waals surface area (Å²) in [5.74, 6) is 0.298. The summed E-state index contributed by atoms with van der Waals surface area (Å²) in [6, 6.07) is 2.40. The van der Waals surface area contributed by atoms with Crippen molar-refractivity contribution in [2.24, 2.45) is 5.92 Å². The maximum atomic E-state index is 13.2. The molecule has 6 nitrogen and oxygen atoms in total. The third-order valence-electron chi connectivity index (χ3n) is 5.11. The van der Waals surface area contributed by atoms with Gasteiger partial charge in [-0.15, -0.1) is 0 Å². The molecule has 0 spiro atoms. The fraction of sp³-hybridized carbons (Fsp3) is 0.524. The molecule has 0 unspecified atom stereocenters. The zero-order valence-electron chi connectivity index (χ0n) is 17.7. The molecule has 3 rings (SSSR count). The fourth-order valence-corrected chi connectivity index (χ4v) is 3.74. The molecule has 1 fully saturated rings. The van der Waals surface area contributed by atoms with Crippen molar-refractivity contribution in [3.8, 4) is 11.1 Å². The molecule has 2 N–H and O–H groups in total. The van der Waals surface area contributed by atoms with Crippen LogP contribution in [0, 0.1) is 5.92 Å². The van der Waals surface area contributed by atoms with Crippen molar-refractivity contribution in [1.82, 2.24) is 14.7 Å². The molecule has 0 bridgehead atoms. The third-order valence-corrected chi connectivity index (χ3v) is 5.43. The zero-order chi connectivity index (χ0) is 23.0. The van der Waals surface area contributed by atoms with Gasteiger partial charge in [-0.2, -0.15) is 18.3 Å². The first kappa shape index (κ1) is 23.2. The average Bonchev–Trinajstić information content (AvgIpc) is 3.10. The van der Waals surface area contributed by atoms with E-state index in [4.69, 9.17) is 22.1 Å². The van der Waals surface area contributed by atoms with Gasteiger partial charge in [0.15, 0.2) is 0 Å². The van der Waals surface area contributed by atoms with Crippen LogP contribution < -0.4 is 5.73 Å². The second-order valence-corrected chi connectivity index (χ2v) is 9.19. The molecule has 1 aromatic carbocycles. The van der Waals surface area contributed by atoms with E-state index in [9.17, 15) is 18.0 Å². The Hall–Kier alpha value is -2.42. The largest absolute Gasteiger partial charge is 0.444 e. The molecule has 1 saturated heterocycles. The SMILES string of the molecule is CC(C)(C)OC(=O)N1CCC(Cn2cc(-c3cc(Cl)c(N)c(C(F)(F)F)c3)cn2)CC1. The number of carbonyl (C=O) groups is 1. The number of nitrogen functional groups attached to an aromatic ring is 1. The van der Waals surface area contributed by atoms with Gasteiger partial charge in [0.05, 0.1) is 22.5 Å². The van der Waals surface area contributed by atoms with Gasteiger partial charge >= 0.3 is 12.3 Å². The van der Waals surface area contributed by atoms with Gasteiger partial charge in [-0.05, 0) is 57.2 Å². The topological polar surface area (TPSA) is 73.4 Å². The average molecular weight is 459 g/mol. The molecular formula is C21H26ClF3N4O2. The highest BCUT2D eigenvalue weighted by molar-refractivity contribution is 6.33. The summed E-state index contributed by atoms with van der Waals surface area (Å²) >= 11 is 5.92. The van der Waals surface area contributed by atoms with E-state index in [1.807, 2.05) is 20.8 Å². The van der Waals surface area contributed by atoms with Crippen LogP contribution in [0.15, 0.2) is 24.5 Å². The lowest BCUT2D eigenvalue weighted by molar-refractivity contribution is -0.136. The quantitative estimate of drug-likeness (QED) is 0.620. The number of carbonyl (C=O) groups excluding carboxylic acids is 1. The number of rotatable bonds is 3. The van der Waals surface area contributed by atoms with Crippen LogP contribution in [0.2, 0.25) is 5.02 Å². The van der Waals surface area contributed by atoms with Gasteiger partial charge in [-0.3, -0.25) is 4.68 Å². The van der Waals surface area contributed by atoms with Gasteiger partial charge in [0, 0.05) is 31.4 Å². The second kappa shape index (κ2) is 8.61. The normalized spacial score (nSPS) is 15.9. The standard InChI is InChI=1S/C21H26ClF3N4O2/c1-20(2,3)31-19(30)28-6-4-13(5-7-28)11-29-12-15(10-27-29)14-8-16(21(23,24)25)18(26)17(22)9-14/h8-10,12-13H,4-7,11,26H2,1-3H3. The highest BCUT2D eigenvalue weighted by Crippen LogP contribution is 2.40. The molecule has 0 radical (unpaired) electrons. The Morgan fingerprint density at radius 3 is 2.45 bits per heavy atom. The monoisotopic (exact) mass is 458 g/mol. The maximum Gasteiger partial charge on any atom is 0.418 e. The minimum Gasteiger partial charge on any atom is -0.444 e. The summed E-state index contributed by atoms with van der Waals surface area (Å²) in [4.78, 5) is 13.9. The summed E-state index contributed by atoms with van der Waals surface area (Å²) in [5.41, 5.74) is 4.35. The molecule has 2 aromatic rings. The summed E-state index contributed by atoms with van der Waals surface area (Å²) < 4.78 is 46.8. The van der Waals surface area contributed by atoms with E-state index in [0.717, 1.165) is 18.9 Å². The Labute approximate surface area is 184 Å². The van der Waals surface area contributed by atoms with Crippen LogP contribution in [-0.4, -0.2) is 39.5 Å². The van der Waals surface area contributed by atoms with Crippen molar-refractivity contribution in [2.75, 3.05) is 18.8 Å². The molecule has 0 atom stereocenters. The molecule has 2 heterocycles. The molecule has 31 heavy (non-hydrogen) atoms. The van der Waals surface area contributed by atoms with Crippen LogP contribution >= 0.6 is 11.6 Å². The lowest BCUT2D eigenvalue weighted by Crippen LogP contribution is -2.42. The number of halogens is 4. The Morgan fingerprint density at radius 2 is 1.87 bits per heavy atom. The number of hydrogen-bond acceptors (Lipinski definition) is 4. The van der Waals surface area contributed by atoms with E-state index in [1.165, 1.54) is 12.3 Å². The van der Waals surface area contributed by atoms with E-state index in [0.29, 0.717) is 36.7 Å². The summed E-state index contributed by atoms with van der Waals surface area (Å²) in [6.07, 6.45) is -0.115. The van der Waals surface area contributed by atoms with Gasteiger partial charge in [-0.1, -0.05) is 11.6 Å². The van der Waals surface area contributed by atoms with E-state index in [2.05, 4.69) is 5.10 Å². The van der Waals surface area contributed by atoms with Crippen LogP contribution in [0.25, 0.3) is 11.1 Å². The number of piperidine rings is 1. The Morgan fingerprint density at radius 1 is 1.23 bits per heavy atom. The first-order valence-corrected chi connectivity index (χ1v) is 10.4. The van der Waals surface area contributed by atoms with Gasteiger partial charge in [-0.25, -0.2) is 4.79 Å². The highest BCUT2D eigenvalue weighted by Gasteiger charge is 2.34. The third kappa shape index (κ3) is 5.84. The fourth-order valence-electron chi connectivity index (χ4n) is 3.52. The summed E-state index contributed by atoms with van der Waals surface area (Å²) in [5, 5.41) is 4.14. The van der Waals surface area contributed by atoms with Crippen LogP contribution in [0.1, 0.15) is 39.2 Å². The molecule has 0 saturated carbocycles. The number of likely N-dealkylation sites (tertiary alicyclic amines) is 1. The van der Waals surface area contributed by atoms with Crippen molar-refractivity contribution < 1.29 is 22.7 Å². The zero-order valence-corrected chi connectivity index (χ0v) is 18.4. The number of nitrogens with zero attached hydrogens (tertiary/aromatic N) is 3. The predicted octanol–water partition coefficient (Wildman–Crippen LogP) is 5.45. The maximum absolute atomic E-state index is 13.2. The number of nitrogens with two attached hydrogens (primary N) is 1. The van der Waals surface area contributed by atoms with E-state index < -0.39 is 23.0 Å². The van der Waals surface area contributed by atoms with Crippen molar-refractivity contribution in [2.45, 2.75) is 51.9 Å². The molecule has 1 aliphatic heterocycles. The Kier molecular flexibility index (Phi) is 6.45. The minimum atomic E-state index is -4.60. The van der Waals surface area contributed by atoms with Crippen molar-refractivity contribution in [1.29, 1.82) is 0 Å². The number of hydrogen-bond donors (Lipinski definition) is 1. The molecule has 1 aromatic heterocycles. The van der Waals surface area contributed by atoms with Crippen molar-refractivity contribution in [3.63, 3.8) is 0 Å². The Bertz CT molecular complexity index is 945. The molecule has 1 aliphatic rings. The van der Waals surface area contributed by atoms with Crippen LogP contribution in [0.3, 0.4) is 0 Å². The number of benzene rings is 1. The second-order valence-electron chi connectivity index (χ2n) is 8.78. The first-order chi connectivity index (χ1) is 14.3. The van der Waals surface area contributed by atoms with Crippen molar-refractivity contribution >= 4 is 23.4 Å². The smallest absolute Gasteiger partial charge is 0.418 e. The van der Waals surface area contributed by atoms with Crippen molar-refractivity contribution in [3.05, 3.63) is 35.1 Å². The van der Waals surface area contributed by atoms with Gasteiger partial charge in [0.1, 0.15) is 5.60 Å². The van der Waals surface area contributed by atoms with Gasteiger partial charge in [0.2, 0.25) is 0 Å². The lowest BCUT2D eigenvalue weighted by Gasteiger charge is -2.33. The number of anilines is 1. The first-order valence-electron chi connectivity index (χ1n) is 10.0. The predicted molar refractivity (Wildman–Crippen MR) is 113 cm³/mol. The Balaban J connectivity index is 1.64. The number of aromatic nitrogens is 2. The van der Waals surface area contributed by atoms with E-state index in [-0.39, 0.29) is 11.1 Å². The lowest BCUT2D eigenvalue weighted by atomic mass is 9.97. The van der Waals surface area contributed by atoms with Crippen LogP contribution in [0.5, 0.6) is 0 Å². The van der Waals surface area contributed by atoms with E-state index >= 15 is 0 Å². The summed E-state index contributed by atoms with van der Waals surface area (Å²) in [6.45, 7) is 7.29.